The summed E-state index contributed by atoms with van der Waals surface area (Å²) >= 11 is 0. The van der Waals surface area contributed by atoms with Gasteiger partial charge in [-0.2, -0.15) is 0 Å². The summed E-state index contributed by atoms with van der Waals surface area (Å²) in [6, 6.07) is 17.5. The Labute approximate surface area is 176 Å². The molecule has 0 spiro atoms. The average molecular weight is 406 g/mol. The summed E-state index contributed by atoms with van der Waals surface area (Å²) in [5.41, 5.74) is 3.73. The van der Waals surface area contributed by atoms with Gasteiger partial charge >= 0.3 is 0 Å². The number of amides is 1. The lowest BCUT2D eigenvalue weighted by atomic mass is 10.0. The second-order valence-corrected chi connectivity index (χ2v) is 7.52. The lowest BCUT2D eigenvalue weighted by Gasteiger charge is -2.22. The normalized spacial score (nSPS) is 14.4. The van der Waals surface area contributed by atoms with Crippen molar-refractivity contribution in [3.8, 4) is 28.3 Å². The van der Waals surface area contributed by atoms with Gasteiger partial charge in [-0.05, 0) is 49.9 Å². The maximum atomic E-state index is 12.0. The molecule has 1 aliphatic rings. The van der Waals surface area contributed by atoms with E-state index in [9.17, 15) is 4.79 Å². The molecule has 2 heterocycles. The molecular weight excluding hydrogens is 380 g/mol. The maximum Gasteiger partial charge on any atom is 0.257 e. The number of hydrogen-bond donors (Lipinski definition) is 1. The predicted octanol–water partition coefficient (Wildman–Crippen LogP) is 4.24. The van der Waals surface area contributed by atoms with Crippen molar-refractivity contribution in [2.75, 3.05) is 26.4 Å². The number of ether oxygens (including phenoxy) is 2. The van der Waals surface area contributed by atoms with Crippen LogP contribution in [0.3, 0.4) is 0 Å². The number of rotatable bonds is 7. The van der Waals surface area contributed by atoms with Gasteiger partial charge in [0.05, 0.1) is 0 Å². The van der Waals surface area contributed by atoms with Crippen LogP contribution in [0.1, 0.15) is 18.4 Å². The van der Waals surface area contributed by atoms with E-state index in [-0.39, 0.29) is 12.5 Å². The quantitative estimate of drug-likeness (QED) is 0.635. The smallest absolute Gasteiger partial charge is 0.257 e. The van der Waals surface area contributed by atoms with Crippen LogP contribution in [0.2, 0.25) is 0 Å². The minimum atomic E-state index is -0.106. The standard InChI is InChI=1S/C24H26N2O4/c1-17-23(26-30-24(17)20-5-3-2-4-6-20)19-7-9-21(10-8-19)29-16-22(27)25-15-18-11-13-28-14-12-18/h2-10,18H,11-16H2,1H3,(H,25,27). The van der Waals surface area contributed by atoms with Gasteiger partial charge in [0.25, 0.3) is 5.91 Å². The molecule has 0 aliphatic carbocycles. The number of carbonyl (C=O) groups is 1. The first-order valence-electron chi connectivity index (χ1n) is 10.3. The summed E-state index contributed by atoms with van der Waals surface area (Å²) in [5.74, 6) is 1.80. The first-order chi connectivity index (χ1) is 14.7. The van der Waals surface area contributed by atoms with E-state index in [4.69, 9.17) is 14.0 Å². The van der Waals surface area contributed by atoms with Crippen LogP contribution in [-0.2, 0) is 9.53 Å². The van der Waals surface area contributed by atoms with Crippen LogP contribution in [0.25, 0.3) is 22.6 Å². The molecule has 4 rings (SSSR count). The molecule has 30 heavy (non-hydrogen) atoms. The zero-order valence-corrected chi connectivity index (χ0v) is 17.1. The van der Waals surface area contributed by atoms with E-state index in [0.717, 1.165) is 54.2 Å². The van der Waals surface area contributed by atoms with Crippen molar-refractivity contribution in [1.82, 2.24) is 10.5 Å². The molecule has 1 N–H and O–H groups in total. The highest BCUT2D eigenvalue weighted by Crippen LogP contribution is 2.32. The largest absolute Gasteiger partial charge is 0.484 e. The Morgan fingerprint density at radius 3 is 2.53 bits per heavy atom. The van der Waals surface area contributed by atoms with Crippen molar-refractivity contribution >= 4 is 5.91 Å². The molecule has 0 atom stereocenters. The molecule has 6 heteroatoms. The Bertz CT molecular complexity index is 961. The molecule has 3 aromatic rings. The summed E-state index contributed by atoms with van der Waals surface area (Å²) < 4.78 is 16.5. The third-order valence-electron chi connectivity index (χ3n) is 5.39. The van der Waals surface area contributed by atoms with Gasteiger partial charge in [0, 0.05) is 36.4 Å². The Morgan fingerprint density at radius 1 is 1.07 bits per heavy atom. The van der Waals surface area contributed by atoms with E-state index < -0.39 is 0 Å². The van der Waals surface area contributed by atoms with Crippen molar-refractivity contribution in [2.24, 2.45) is 5.92 Å². The fourth-order valence-electron chi connectivity index (χ4n) is 3.58. The molecule has 0 unspecified atom stereocenters. The maximum absolute atomic E-state index is 12.0. The van der Waals surface area contributed by atoms with Gasteiger partial charge in [0.15, 0.2) is 12.4 Å². The summed E-state index contributed by atoms with van der Waals surface area (Å²) in [6.07, 6.45) is 1.99. The molecule has 1 fully saturated rings. The SMILES string of the molecule is Cc1c(-c2ccc(OCC(=O)NCC3CCOCC3)cc2)noc1-c1ccccc1. The van der Waals surface area contributed by atoms with Crippen LogP contribution in [0.4, 0.5) is 0 Å². The van der Waals surface area contributed by atoms with Crippen LogP contribution in [0.5, 0.6) is 5.75 Å². The Hall–Kier alpha value is -3.12. The fraction of sp³-hybridized carbons (Fsp3) is 0.333. The molecule has 1 aliphatic heterocycles. The lowest BCUT2D eigenvalue weighted by Crippen LogP contribution is -2.35. The predicted molar refractivity (Wildman–Crippen MR) is 114 cm³/mol. The number of carbonyl (C=O) groups excluding carboxylic acids is 1. The lowest BCUT2D eigenvalue weighted by molar-refractivity contribution is -0.123. The number of hydrogen-bond acceptors (Lipinski definition) is 5. The third-order valence-corrected chi connectivity index (χ3v) is 5.39. The average Bonchev–Trinajstić information content (AvgIpc) is 3.19. The molecule has 1 amide bonds. The number of aromatic nitrogens is 1. The Morgan fingerprint density at radius 2 is 1.80 bits per heavy atom. The molecule has 156 valence electrons. The highest BCUT2D eigenvalue weighted by Gasteiger charge is 2.16. The van der Waals surface area contributed by atoms with E-state index in [0.29, 0.717) is 18.2 Å². The van der Waals surface area contributed by atoms with Gasteiger partial charge in [-0.25, -0.2) is 0 Å². The monoisotopic (exact) mass is 406 g/mol. The highest BCUT2D eigenvalue weighted by molar-refractivity contribution is 5.77. The highest BCUT2D eigenvalue weighted by atomic mass is 16.5. The van der Waals surface area contributed by atoms with Crippen LogP contribution in [-0.4, -0.2) is 37.4 Å². The molecule has 2 aromatic carbocycles. The molecule has 0 bridgehead atoms. The van der Waals surface area contributed by atoms with Gasteiger partial charge in [-0.15, -0.1) is 0 Å². The van der Waals surface area contributed by atoms with Gasteiger partial charge in [-0.3, -0.25) is 4.79 Å². The minimum Gasteiger partial charge on any atom is -0.484 e. The number of benzene rings is 2. The molecular formula is C24H26N2O4. The van der Waals surface area contributed by atoms with E-state index >= 15 is 0 Å². The number of nitrogens with one attached hydrogen (secondary N) is 1. The van der Waals surface area contributed by atoms with E-state index in [1.807, 2.05) is 61.5 Å². The summed E-state index contributed by atoms with van der Waals surface area (Å²) in [5, 5.41) is 7.19. The molecule has 0 saturated carbocycles. The second kappa shape index (κ2) is 9.59. The third kappa shape index (κ3) is 4.89. The van der Waals surface area contributed by atoms with Crippen LogP contribution >= 0.6 is 0 Å². The molecule has 6 nitrogen and oxygen atoms in total. The summed E-state index contributed by atoms with van der Waals surface area (Å²) in [6.45, 7) is 4.24. The minimum absolute atomic E-state index is 0.00368. The van der Waals surface area contributed by atoms with Gasteiger partial charge < -0.3 is 19.3 Å². The van der Waals surface area contributed by atoms with Gasteiger partial charge in [0.2, 0.25) is 0 Å². The first kappa shape index (κ1) is 20.2. The summed E-state index contributed by atoms with van der Waals surface area (Å²) in [7, 11) is 0. The molecule has 1 aromatic heterocycles. The van der Waals surface area contributed by atoms with E-state index in [1.54, 1.807) is 0 Å². The zero-order chi connectivity index (χ0) is 20.8. The Balaban J connectivity index is 1.32. The van der Waals surface area contributed by atoms with Crippen LogP contribution in [0, 0.1) is 12.8 Å². The van der Waals surface area contributed by atoms with Crippen molar-refractivity contribution in [3.05, 3.63) is 60.2 Å². The van der Waals surface area contributed by atoms with Crippen LogP contribution in [0.15, 0.2) is 59.1 Å². The zero-order valence-electron chi connectivity index (χ0n) is 17.1. The number of nitrogens with zero attached hydrogens (tertiary/aromatic N) is 1. The summed E-state index contributed by atoms with van der Waals surface area (Å²) in [4.78, 5) is 12.0. The van der Waals surface area contributed by atoms with E-state index in [1.165, 1.54) is 0 Å². The fourth-order valence-corrected chi connectivity index (χ4v) is 3.58. The Kier molecular flexibility index (Phi) is 6.44. The van der Waals surface area contributed by atoms with Gasteiger partial charge in [-0.1, -0.05) is 35.5 Å². The molecule has 0 radical (unpaired) electrons. The topological polar surface area (TPSA) is 73.6 Å². The molecule has 1 saturated heterocycles. The van der Waals surface area contributed by atoms with Crippen molar-refractivity contribution in [3.63, 3.8) is 0 Å². The first-order valence-corrected chi connectivity index (χ1v) is 10.3. The van der Waals surface area contributed by atoms with Gasteiger partial charge in [0.1, 0.15) is 11.4 Å². The second-order valence-electron chi connectivity index (χ2n) is 7.52. The van der Waals surface area contributed by atoms with E-state index in [2.05, 4.69) is 10.5 Å². The van der Waals surface area contributed by atoms with Crippen molar-refractivity contribution < 1.29 is 18.8 Å². The van der Waals surface area contributed by atoms with Crippen molar-refractivity contribution in [1.29, 1.82) is 0 Å². The van der Waals surface area contributed by atoms with Crippen molar-refractivity contribution in [2.45, 2.75) is 19.8 Å². The van der Waals surface area contributed by atoms with Crippen LogP contribution < -0.4 is 10.1 Å².